The molecule has 2 amide bonds. The molecule has 0 saturated heterocycles. The van der Waals surface area contributed by atoms with Crippen molar-refractivity contribution < 1.29 is 19.8 Å². The number of amides is 2. The first-order valence-corrected chi connectivity index (χ1v) is 10.8. The highest BCUT2D eigenvalue weighted by molar-refractivity contribution is 7.99. The van der Waals surface area contributed by atoms with Crippen LogP contribution in [0, 0.1) is 0 Å². The fourth-order valence-corrected chi connectivity index (χ4v) is 3.38. The molecule has 0 bridgehead atoms. The number of para-hydroxylation sites is 2. The Kier molecular flexibility index (Phi) is 9.57. The van der Waals surface area contributed by atoms with Gasteiger partial charge in [0.25, 0.3) is 0 Å². The molecule has 0 saturated carbocycles. The van der Waals surface area contributed by atoms with E-state index in [2.05, 4.69) is 21.1 Å². The number of benzene rings is 2. The fraction of sp³-hybridized carbons (Fsp3) is 0.273. The van der Waals surface area contributed by atoms with E-state index in [1.165, 1.54) is 11.8 Å². The molecule has 0 fully saturated rings. The number of thioether (sulfide) groups is 1. The molecule has 0 aliphatic heterocycles. The number of rotatable bonds is 10. The summed E-state index contributed by atoms with van der Waals surface area (Å²) in [5, 5.41) is 27.6. The Hall–Kier alpha value is -3.33. The summed E-state index contributed by atoms with van der Waals surface area (Å²) in [5.41, 5.74) is 7.07. The Balaban J connectivity index is 1.64. The Morgan fingerprint density at radius 3 is 1.55 bits per heavy atom. The molecule has 0 aliphatic carbocycles. The topological polar surface area (TPSA) is 123 Å². The molecule has 0 spiro atoms. The highest BCUT2D eigenvalue weighted by atomic mass is 32.2. The third kappa shape index (κ3) is 8.13. The van der Waals surface area contributed by atoms with E-state index in [4.69, 9.17) is 0 Å². The normalized spacial score (nSPS) is 11.8. The number of hydrogen-bond donors (Lipinski definition) is 4. The van der Waals surface area contributed by atoms with Gasteiger partial charge in [-0.25, -0.2) is 10.9 Å². The van der Waals surface area contributed by atoms with Crippen LogP contribution >= 0.6 is 11.8 Å². The molecule has 4 N–H and O–H groups in total. The van der Waals surface area contributed by atoms with Gasteiger partial charge in [0.1, 0.15) is 11.5 Å². The Labute approximate surface area is 185 Å². The largest absolute Gasteiger partial charge is 0.507 e. The zero-order valence-corrected chi connectivity index (χ0v) is 18.3. The molecule has 2 aromatic carbocycles. The monoisotopic (exact) mass is 442 g/mol. The van der Waals surface area contributed by atoms with Crippen LogP contribution in [0.5, 0.6) is 11.5 Å². The maximum atomic E-state index is 11.9. The van der Waals surface area contributed by atoms with Crippen molar-refractivity contribution in [2.75, 3.05) is 11.5 Å². The second kappa shape index (κ2) is 12.4. The van der Waals surface area contributed by atoms with E-state index in [9.17, 15) is 19.8 Å². The lowest BCUT2D eigenvalue weighted by Gasteiger charge is -2.05. The molecule has 8 nitrogen and oxygen atoms in total. The molecule has 0 radical (unpaired) electrons. The Bertz CT molecular complexity index is 898. The summed E-state index contributed by atoms with van der Waals surface area (Å²) in [6, 6.07) is 13.5. The van der Waals surface area contributed by atoms with Crippen molar-refractivity contribution in [2.24, 2.45) is 10.2 Å². The van der Waals surface area contributed by atoms with Crippen molar-refractivity contribution in [2.45, 2.75) is 26.7 Å². The van der Waals surface area contributed by atoms with Crippen molar-refractivity contribution in [3.8, 4) is 11.5 Å². The van der Waals surface area contributed by atoms with Crippen LogP contribution in [0.2, 0.25) is 0 Å². The molecule has 9 heteroatoms. The summed E-state index contributed by atoms with van der Waals surface area (Å²) in [7, 11) is 0. The Morgan fingerprint density at radius 1 is 0.774 bits per heavy atom. The molecular weight excluding hydrogens is 416 g/mol. The number of hydrogen-bond acceptors (Lipinski definition) is 7. The first-order valence-electron chi connectivity index (χ1n) is 9.69. The van der Waals surface area contributed by atoms with E-state index in [-0.39, 0.29) is 36.2 Å². The molecule has 0 unspecified atom stereocenters. The van der Waals surface area contributed by atoms with Gasteiger partial charge in [0.2, 0.25) is 11.8 Å². The van der Waals surface area contributed by atoms with Gasteiger partial charge >= 0.3 is 0 Å². The molecule has 164 valence electrons. The number of nitrogens with one attached hydrogen (secondary N) is 2. The van der Waals surface area contributed by atoms with Crippen LogP contribution in [-0.2, 0) is 9.59 Å². The summed E-state index contributed by atoms with van der Waals surface area (Å²) in [6.45, 7) is 3.40. The van der Waals surface area contributed by atoms with Crippen molar-refractivity contribution in [3.63, 3.8) is 0 Å². The van der Waals surface area contributed by atoms with Crippen LogP contribution in [0.15, 0.2) is 58.7 Å². The standard InChI is InChI=1S/C22H26N4O4S/c1-15(17-7-3-5-9-19(17)27)23-25-21(29)11-13-31-14-12-22(30)26-24-16(2)18-8-4-6-10-20(18)28/h3-10,27-28H,11-14H2,1-2H3,(H,25,29)(H,26,30). The first kappa shape index (κ1) is 23.9. The Morgan fingerprint density at radius 2 is 1.16 bits per heavy atom. The minimum Gasteiger partial charge on any atom is -0.507 e. The minimum atomic E-state index is -0.241. The van der Waals surface area contributed by atoms with Crippen molar-refractivity contribution in [3.05, 3.63) is 59.7 Å². The van der Waals surface area contributed by atoms with E-state index in [1.54, 1.807) is 62.4 Å². The lowest BCUT2D eigenvalue weighted by atomic mass is 10.1. The fourth-order valence-electron chi connectivity index (χ4n) is 2.52. The average molecular weight is 443 g/mol. The molecule has 2 aromatic rings. The second-order valence-corrected chi connectivity index (χ2v) is 7.84. The van der Waals surface area contributed by atoms with Gasteiger partial charge in [-0.15, -0.1) is 0 Å². The first-order chi connectivity index (χ1) is 14.9. The third-order valence-electron chi connectivity index (χ3n) is 4.23. The van der Waals surface area contributed by atoms with Crippen molar-refractivity contribution in [1.82, 2.24) is 10.9 Å². The smallest absolute Gasteiger partial charge is 0.240 e. The highest BCUT2D eigenvalue weighted by Crippen LogP contribution is 2.17. The summed E-state index contributed by atoms with van der Waals surface area (Å²) < 4.78 is 0. The highest BCUT2D eigenvalue weighted by Gasteiger charge is 2.07. The number of nitrogens with zero attached hydrogens (tertiary/aromatic N) is 2. The zero-order valence-electron chi connectivity index (χ0n) is 17.5. The molecule has 0 atom stereocenters. The van der Waals surface area contributed by atoms with Crippen LogP contribution in [0.3, 0.4) is 0 Å². The minimum absolute atomic E-state index is 0.104. The molecular formula is C22H26N4O4S. The van der Waals surface area contributed by atoms with Crippen molar-refractivity contribution in [1.29, 1.82) is 0 Å². The van der Waals surface area contributed by atoms with Gasteiger partial charge in [0.05, 0.1) is 11.4 Å². The number of aromatic hydroxyl groups is 2. The summed E-state index contributed by atoms with van der Waals surface area (Å²) in [4.78, 5) is 23.8. The summed E-state index contributed by atoms with van der Waals surface area (Å²) in [5.74, 6) is 0.817. The van der Waals surface area contributed by atoms with Crippen LogP contribution in [0.1, 0.15) is 37.8 Å². The van der Waals surface area contributed by atoms with E-state index in [0.29, 0.717) is 34.1 Å². The number of hydrazone groups is 2. The van der Waals surface area contributed by atoms with E-state index < -0.39 is 0 Å². The van der Waals surface area contributed by atoms with E-state index in [0.717, 1.165) is 0 Å². The van der Waals surface area contributed by atoms with Crippen LogP contribution in [0.25, 0.3) is 0 Å². The molecule has 0 aromatic heterocycles. The summed E-state index contributed by atoms with van der Waals surface area (Å²) in [6.07, 6.45) is 0.517. The average Bonchev–Trinajstić information content (AvgIpc) is 2.76. The van der Waals surface area contributed by atoms with Gasteiger partial charge in [0.15, 0.2) is 0 Å². The maximum absolute atomic E-state index is 11.9. The van der Waals surface area contributed by atoms with E-state index >= 15 is 0 Å². The zero-order chi connectivity index (χ0) is 22.6. The van der Waals surface area contributed by atoms with Crippen LogP contribution in [0.4, 0.5) is 0 Å². The van der Waals surface area contributed by atoms with Crippen molar-refractivity contribution >= 4 is 35.0 Å². The maximum Gasteiger partial charge on any atom is 0.240 e. The van der Waals surface area contributed by atoms with E-state index in [1.807, 2.05) is 0 Å². The molecule has 0 aliphatic rings. The van der Waals surface area contributed by atoms with Gasteiger partial charge in [0, 0.05) is 35.5 Å². The number of carbonyl (C=O) groups excluding carboxylic acids is 2. The number of phenols is 2. The number of phenolic OH excluding ortho intramolecular Hbond substituents is 2. The predicted octanol–water partition coefficient (Wildman–Crippen LogP) is 2.99. The van der Waals surface area contributed by atoms with Gasteiger partial charge < -0.3 is 10.2 Å². The molecule has 2 rings (SSSR count). The lowest BCUT2D eigenvalue weighted by molar-refractivity contribution is -0.121. The number of carbonyl (C=O) groups is 2. The van der Waals surface area contributed by atoms with Gasteiger partial charge in [-0.1, -0.05) is 24.3 Å². The SMILES string of the molecule is CC(=NNC(=O)CCSCCC(=O)NN=C(C)c1ccccc1O)c1ccccc1O. The van der Waals surface area contributed by atoms with Gasteiger partial charge in [-0.05, 0) is 38.1 Å². The van der Waals surface area contributed by atoms with Gasteiger partial charge in [-0.3, -0.25) is 9.59 Å². The predicted molar refractivity (Wildman–Crippen MR) is 123 cm³/mol. The second-order valence-electron chi connectivity index (χ2n) is 6.61. The molecule has 0 heterocycles. The molecule has 31 heavy (non-hydrogen) atoms. The third-order valence-corrected chi connectivity index (χ3v) is 5.22. The van der Waals surface area contributed by atoms with Crippen LogP contribution < -0.4 is 10.9 Å². The lowest BCUT2D eigenvalue weighted by Crippen LogP contribution is -2.20. The summed E-state index contributed by atoms with van der Waals surface area (Å²) >= 11 is 1.48. The quantitative estimate of drug-likeness (QED) is 0.256. The van der Waals surface area contributed by atoms with Crippen LogP contribution in [-0.4, -0.2) is 45.0 Å². The van der Waals surface area contributed by atoms with Gasteiger partial charge in [-0.2, -0.15) is 22.0 Å².